The summed E-state index contributed by atoms with van der Waals surface area (Å²) in [5, 5.41) is 0. The number of thiocarbonyl (C=S) groups is 1. The highest BCUT2D eigenvalue weighted by Crippen LogP contribution is 2.37. The van der Waals surface area contributed by atoms with Crippen LogP contribution >= 0.6 is 24.0 Å². The zero-order valence-electron chi connectivity index (χ0n) is 13.1. The van der Waals surface area contributed by atoms with Gasteiger partial charge in [0.2, 0.25) is 0 Å². The molecule has 1 amide bonds. The van der Waals surface area contributed by atoms with Crippen molar-refractivity contribution in [1.29, 1.82) is 0 Å². The molecule has 8 heteroatoms. The summed E-state index contributed by atoms with van der Waals surface area (Å²) < 4.78 is 29.4. The lowest BCUT2D eigenvalue weighted by Crippen LogP contribution is -2.39. The van der Waals surface area contributed by atoms with E-state index < -0.39 is 9.84 Å². The highest BCUT2D eigenvalue weighted by molar-refractivity contribution is 8.26. The highest BCUT2D eigenvalue weighted by Gasteiger charge is 2.42. The van der Waals surface area contributed by atoms with Gasteiger partial charge in [0.1, 0.15) is 10.1 Å². The lowest BCUT2D eigenvalue weighted by atomic mass is 10.1. The third kappa shape index (κ3) is 3.50. The first-order chi connectivity index (χ1) is 11.4. The Balaban J connectivity index is 1.87. The molecule has 0 N–H and O–H groups in total. The first-order valence-corrected chi connectivity index (χ1v) is 10.6. The summed E-state index contributed by atoms with van der Waals surface area (Å²) in [7, 11) is -3.07. The van der Waals surface area contributed by atoms with Gasteiger partial charge in [-0.25, -0.2) is 8.42 Å². The number of nitrogens with zero attached hydrogens (tertiary/aromatic N) is 1. The summed E-state index contributed by atoms with van der Waals surface area (Å²) in [5.74, 6) is 0.579. The predicted octanol–water partition coefficient (Wildman–Crippen LogP) is 2.47. The van der Waals surface area contributed by atoms with Gasteiger partial charge in [0.15, 0.2) is 9.84 Å². The minimum atomic E-state index is -3.07. The third-order valence-corrected chi connectivity index (χ3v) is 6.98. The Morgan fingerprint density at radius 1 is 1.42 bits per heavy atom. The highest BCUT2D eigenvalue weighted by atomic mass is 32.2. The number of amides is 1. The maximum atomic E-state index is 12.7. The van der Waals surface area contributed by atoms with Crippen molar-refractivity contribution in [3.05, 3.63) is 34.7 Å². The molecule has 1 atom stereocenters. The van der Waals surface area contributed by atoms with Crippen LogP contribution in [0.3, 0.4) is 0 Å². The summed E-state index contributed by atoms with van der Waals surface area (Å²) in [6.45, 7) is 2.43. The summed E-state index contributed by atoms with van der Waals surface area (Å²) in [5.41, 5.74) is 0.805. The largest absolute Gasteiger partial charge is 0.493 e. The quantitative estimate of drug-likeness (QED) is 0.588. The van der Waals surface area contributed by atoms with Crippen molar-refractivity contribution in [2.24, 2.45) is 0 Å². The molecule has 2 aliphatic heterocycles. The molecular weight excluding hydrogens is 366 g/mol. The Morgan fingerprint density at radius 3 is 2.83 bits per heavy atom. The minimum absolute atomic E-state index is 0.0117. The van der Waals surface area contributed by atoms with Crippen LogP contribution in [0.15, 0.2) is 29.2 Å². The molecule has 0 radical (unpaired) electrons. The van der Waals surface area contributed by atoms with Crippen molar-refractivity contribution >= 4 is 50.1 Å². The number of benzene rings is 1. The second-order valence-electron chi connectivity index (χ2n) is 5.58. The zero-order valence-corrected chi connectivity index (χ0v) is 15.5. The fourth-order valence-corrected chi connectivity index (χ4v) is 5.89. The number of hydrogen-bond acceptors (Lipinski definition) is 6. The summed E-state index contributed by atoms with van der Waals surface area (Å²) in [6, 6.07) is 7.11. The topological polar surface area (TPSA) is 63.7 Å². The fraction of sp³-hybridized carbons (Fsp3) is 0.375. The Kier molecular flexibility index (Phi) is 4.98. The Bertz CT molecular complexity index is 816. The van der Waals surface area contributed by atoms with E-state index in [1.54, 1.807) is 6.08 Å². The van der Waals surface area contributed by atoms with Gasteiger partial charge in [-0.1, -0.05) is 42.2 Å². The van der Waals surface area contributed by atoms with Crippen LogP contribution in [0.4, 0.5) is 0 Å². The Morgan fingerprint density at radius 2 is 2.17 bits per heavy atom. The van der Waals surface area contributed by atoms with Crippen LogP contribution in [0.1, 0.15) is 18.9 Å². The first-order valence-electron chi connectivity index (χ1n) is 7.60. The van der Waals surface area contributed by atoms with Crippen molar-refractivity contribution in [3.63, 3.8) is 0 Å². The number of carbonyl (C=O) groups excluding carboxylic acids is 1. The van der Waals surface area contributed by atoms with Gasteiger partial charge in [-0.2, -0.15) is 0 Å². The molecule has 0 spiro atoms. The van der Waals surface area contributed by atoms with E-state index >= 15 is 0 Å². The molecular formula is C16H17NO4S3. The average molecular weight is 384 g/mol. The molecule has 128 valence electrons. The zero-order chi connectivity index (χ0) is 17.3. The molecule has 24 heavy (non-hydrogen) atoms. The average Bonchev–Trinajstić information content (AvgIpc) is 3.01. The predicted molar refractivity (Wildman–Crippen MR) is 99.7 cm³/mol. The number of rotatable bonds is 4. The van der Waals surface area contributed by atoms with Crippen LogP contribution < -0.4 is 4.74 Å². The van der Waals surface area contributed by atoms with E-state index in [-0.39, 0.29) is 23.5 Å². The summed E-state index contributed by atoms with van der Waals surface area (Å²) in [6.07, 6.45) is 2.20. The summed E-state index contributed by atoms with van der Waals surface area (Å²) >= 11 is 6.52. The van der Waals surface area contributed by atoms with E-state index in [0.29, 0.717) is 28.0 Å². The maximum Gasteiger partial charge on any atom is 0.266 e. The van der Waals surface area contributed by atoms with Crippen molar-refractivity contribution in [3.8, 4) is 5.75 Å². The lowest BCUT2D eigenvalue weighted by molar-refractivity contribution is -0.123. The van der Waals surface area contributed by atoms with Gasteiger partial charge in [-0.15, -0.1) is 0 Å². The van der Waals surface area contributed by atoms with Crippen molar-refractivity contribution in [2.45, 2.75) is 19.4 Å². The van der Waals surface area contributed by atoms with Crippen LogP contribution in [0.5, 0.6) is 5.75 Å². The first kappa shape index (κ1) is 17.4. The smallest absolute Gasteiger partial charge is 0.266 e. The van der Waals surface area contributed by atoms with Crippen molar-refractivity contribution in [2.75, 3.05) is 18.1 Å². The number of hydrogen-bond donors (Lipinski definition) is 0. The number of thioether (sulfide) groups is 1. The molecule has 1 aromatic rings. The van der Waals surface area contributed by atoms with Crippen LogP contribution in [0, 0.1) is 0 Å². The molecule has 1 aromatic carbocycles. The SMILES string of the molecule is CCOc1ccccc1/C=C1\SC(=S)N(C2CCS(=O)(=O)C2)C1=O. The van der Waals surface area contributed by atoms with Crippen LogP contribution in [0.25, 0.3) is 6.08 Å². The van der Waals surface area contributed by atoms with Gasteiger partial charge < -0.3 is 4.74 Å². The lowest BCUT2D eigenvalue weighted by Gasteiger charge is -2.20. The number of sulfone groups is 1. The monoisotopic (exact) mass is 383 g/mol. The van der Waals surface area contributed by atoms with Gasteiger partial charge in [-0.3, -0.25) is 9.69 Å². The molecule has 0 saturated carbocycles. The van der Waals surface area contributed by atoms with Gasteiger partial charge >= 0.3 is 0 Å². The second-order valence-corrected chi connectivity index (χ2v) is 9.48. The molecule has 1 unspecified atom stereocenters. The van der Waals surface area contributed by atoms with E-state index in [1.807, 2.05) is 31.2 Å². The molecule has 3 rings (SSSR count). The normalized spacial score (nSPS) is 24.8. The number of para-hydroxylation sites is 1. The standard InChI is InChI=1S/C16H17NO4S3/c1-2-21-13-6-4-3-5-11(13)9-14-15(18)17(16(22)23-14)12-7-8-24(19,20)10-12/h3-6,9,12H,2,7-8,10H2,1H3/b14-9-. The van der Waals surface area contributed by atoms with Crippen LogP contribution in [-0.4, -0.2) is 47.7 Å². The second kappa shape index (κ2) is 6.85. The van der Waals surface area contributed by atoms with E-state index in [2.05, 4.69) is 0 Å². The number of carbonyl (C=O) groups is 1. The van der Waals surface area contributed by atoms with Crippen molar-refractivity contribution < 1.29 is 17.9 Å². The molecule has 0 aromatic heterocycles. The Hall–Kier alpha value is -1.38. The van der Waals surface area contributed by atoms with Crippen molar-refractivity contribution in [1.82, 2.24) is 4.90 Å². The van der Waals surface area contributed by atoms with Gasteiger partial charge in [-0.05, 0) is 25.5 Å². The molecule has 2 aliphatic rings. The van der Waals surface area contributed by atoms with Gasteiger partial charge in [0.05, 0.1) is 29.1 Å². The van der Waals surface area contributed by atoms with Gasteiger partial charge in [0.25, 0.3) is 5.91 Å². The third-order valence-electron chi connectivity index (χ3n) is 3.90. The molecule has 0 bridgehead atoms. The van der Waals surface area contributed by atoms with Crippen LogP contribution in [-0.2, 0) is 14.6 Å². The molecule has 2 fully saturated rings. The molecule has 0 aliphatic carbocycles. The Labute approximate surface area is 151 Å². The molecule has 2 heterocycles. The molecule has 2 saturated heterocycles. The van der Waals surface area contributed by atoms with E-state index in [1.165, 1.54) is 16.7 Å². The van der Waals surface area contributed by atoms with Crippen LogP contribution in [0.2, 0.25) is 0 Å². The van der Waals surface area contributed by atoms with E-state index in [9.17, 15) is 13.2 Å². The maximum absolute atomic E-state index is 12.7. The van der Waals surface area contributed by atoms with E-state index in [0.717, 1.165) is 5.56 Å². The molecule has 5 nitrogen and oxygen atoms in total. The summed E-state index contributed by atoms with van der Waals surface area (Å²) in [4.78, 5) is 14.7. The van der Waals surface area contributed by atoms with Gasteiger partial charge in [0, 0.05) is 5.56 Å². The minimum Gasteiger partial charge on any atom is -0.493 e. The van der Waals surface area contributed by atoms with E-state index in [4.69, 9.17) is 17.0 Å². The fourth-order valence-electron chi connectivity index (χ4n) is 2.80. The number of ether oxygens (including phenoxy) is 1.